The molecule has 1 N–H and O–H groups in total. The number of pyridine rings is 1. The van der Waals surface area contributed by atoms with Gasteiger partial charge in [0.05, 0.1) is 5.52 Å². The number of nitrogens with one attached hydrogen (secondary N) is 1. The van der Waals surface area contributed by atoms with E-state index in [0.717, 1.165) is 29.5 Å². The first kappa shape index (κ1) is 31.7. The van der Waals surface area contributed by atoms with E-state index in [1.165, 1.54) is 6.92 Å². The van der Waals surface area contributed by atoms with E-state index >= 15 is 0 Å². The van der Waals surface area contributed by atoms with Gasteiger partial charge >= 0.3 is 0 Å². The van der Waals surface area contributed by atoms with Gasteiger partial charge in [0, 0.05) is 42.4 Å². The van der Waals surface area contributed by atoms with Crippen LogP contribution in [0.4, 0.5) is 5.82 Å². The molecule has 3 aromatic heterocycles. The van der Waals surface area contributed by atoms with Crippen LogP contribution >= 0.6 is 15.9 Å². The van der Waals surface area contributed by atoms with Gasteiger partial charge in [0.1, 0.15) is 40.6 Å². The number of piperidine rings is 2. The topological polar surface area (TPSA) is 143 Å². The Hall–Kier alpha value is -4.52. The molecule has 2 aliphatic heterocycles. The third kappa shape index (κ3) is 5.24. The van der Waals surface area contributed by atoms with Gasteiger partial charge in [-0.15, -0.1) is 0 Å². The van der Waals surface area contributed by atoms with Crippen molar-refractivity contribution in [3.05, 3.63) is 64.4 Å². The van der Waals surface area contributed by atoms with E-state index in [2.05, 4.69) is 55.1 Å². The summed E-state index contributed by atoms with van der Waals surface area (Å²) in [5, 5.41) is 8.20. The molecule has 4 fully saturated rings. The van der Waals surface area contributed by atoms with Gasteiger partial charge in [0.25, 0.3) is 0 Å². The normalized spacial score (nSPS) is 28.0. The van der Waals surface area contributed by atoms with E-state index in [4.69, 9.17) is 0 Å². The average molecular weight is 726 g/mol. The molecule has 4 aliphatic rings. The van der Waals surface area contributed by atoms with Crippen LogP contribution in [0, 0.1) is 24.7 Å². The highest BCUT2D eigenvalue weighted by Crippen LogP contribution is 2.62. The highest BCUT2D eigenvalue weighted by atomic mass is 79.9. The van der Waals surface area contributed by atoms with E-state index < -0.39 is 12.1 Å². The number of fused-ring (bicyclic) bond motifs is 3. The molecule has 0 radical (unpaired) electrons. The van der Waals surface area contributed by atoms with E-state index in [0.29, 0.717) is 40.0 Å². The van der Waals surface area contributed by atoms with Gasteiger partial charge in [-0.05, 0) is 95.6 Å². The molecule has 4 aromatic rings. The van der Waals surface area contributed by atoms with Gasteiger partial charge in [0.15, 0.2) is 5.78 Å². The lowest BCUT2D eigenvalue weighted by Gasteiger charge is -2.34. The number of benzene rings is 1. The molecule has 6 atom stereocenters. The lowest BCUT2D eigenvalue weighted by atomic mass is 9.99. The number of likely N-dealkylation sites (tertiary alicyclic amines) is 2. The van der Waals surface area contributed by atoms with Gasteiger partial charge in [-0.3, -0.25) is 23.9 Å². The Balaban J connectivity index is 1.07. The van der Waals surface area contributed by atoms with E-state index in [1.807, 2.05) is 44.2 Å². The van der Waals surface area contributed by atoms with Gasteiger partial charge in [-0.25, -0.2) is 15.0 Å². The zero-order valence-electron chi connectivity index (χ0n) is 28.0. The number of aromatic nitrogens is 5. The van der Waals surface area contributed by atoms with Gasteiger partial charge in [0.2, 0.25) is 17.7 Å². The van der Waals surface area contributed by atoms with Crippen molar-refractivity contribution in [2.24, 2.45) is 10.8 Å². The van der Waals surface area contributed by atoms with Crippen LogP contribution < -0.4 is 5.32 Å². The predicted molar refractivity (Wildman–Crippen MR) is 184 cm³/mol. The molecular formula is C36H37BrN8O4. The standard InChI is InChI=1S/C36H37BrN8O4/c1-18-6-9-29(37)40-32(18)41-33(48)25-11-35(4)14-28(35)45(25)34(49)26-12-36(5)13-27(36)44(26)30(47)17-43-24-8-7-21(22-15-38-20(3)39-16-22)10-23(24)31(42-43)19(2)46/h6-10,15-16,25-28H,11-14,17H2,1-5H3,(H,40,41,48)/t25-,26-,27+,28+,35-,36-/m0/s1. The van der Waals surface area contributed by atoms with Crippen LogP contribution in [0.2, 0.25) is 0 Å². The summed E-state index contributed by atoms with van der Waals surface area (Å²) >= 11 is 3.38. The fourth-order valence-corrected chi connectivity index (χ4v) is 8.47. The molecule has 13 heteroatoms. The monoisotopic (exact) mass is 724 g/mol. The van der Waals surface area contributed by atoms with E-state index in [1.54, 1.807) is 26.9 Å². The summed E-state index contributed by atoms with van der Waals surface area (Å²) in [6, 6.07) is 7.88. The first-order valence-electron chi connectivity index (χ1n) is 16.6. The zero-order chi connectivity index (χ0) is 34.6. The maximum Gasteiger partial charge on any atom is 0.248 e. The largest absolute Gasteiger partial charge is 0.325 e. The van der Waals surface area contributed by atoms with E-state index in [9.17, 15) is 19.2 Å². The SMILES string of the molecule is CC(=O)c1nn(CC(=O)N2[C@H](C(=O)N3[C@H](C(=O)Nc4nc(Br)ccc4C)C[C@@]4(C)C[C@@H]34)C[C@@]3(C)C[C@@H]23)c2ccc(-c3cnc(C)nc3)cc12. The maximum atomic E-state index is 14.5. The number of aryl methyl sites for hydroxylation is 2. The molecule has 0 bridgehead atoms. The van der Waals surface area contributed by atoms with Gasteiger partial charge in [-0.1, -0.05) is 26.0 Å². The van der Waals surface area contributed by atoms with Crippen molar-refractivity contribution in [1.82, 2.24) is 34.5 Å². The second-order valence-corrected chi connectivity index (χ2v) is 15.6. The Labute approximate surface area is 291 Å². The van der Waals surface area contributed by atoms with Gasteiger partial charge in [-0.2, -0.15) is 5.10 Å². The summed E-state index contributed by atoms with van der Waals surface area (Å²) in [7, 11) is 0. The summed E-state index contributed by atoms with van der Waals surface area (Å²) in [5.41, 5.74) is 3.11. The van der Waals surface area contributed by atoms with Crippen LogP contribution in [0.15, 0.2) is 47.3 Å². The van der Waals surface area contributed by atoms with Crippen molar-refractivity contribution in [2.75, 3.05) is 5.32 Å². The van der Waals surface area contributed by atoms with Crippen molar-refractivity contribution in [3.8, 4) is 11.1 Å². The Bertz CT molecular complexity index is 2100. The lowest BCUT2D eigenvalue weighted by molar-refractivity contribution is -0.148. The number of carbonyl (C=O) groups excluding carboxylic acids is 4. The van der Waals surface area contributed by atoms with Crippen molar-refractivity contribution in [2.45, 2.75) is 91.0 Å². The Morgan fingerprint density at radius 3 is 2.27 bits per heavy atom. The first-order valence-corrected chi connectivity index (χ1v) is 17.4. The second-order valence-electron chi connectivity index (χ2n) is 14.8. The fourth-order valence-electron chi connectivity index (χ4n) is 8.16. The molecule has 2 aliphatic carbocycles. The minimum Gasteiger partial charge on any atom is -0.325 e. The number of Topliss-reactive ketones (excluding diaryl/α,β-unsaturated/α-hetero) is 1. The molecule has 5 heterocycles. The summed E-state index contributed by atoms with van der Waals surface area (Å²) in [4.78, 5) is 71.7. The first-order chi connectivity index (χ1) is 23.3. The quantitative estimate of drug-likeness (QED) is 0.210. The van der Waals surface area contributed by atoms with Crippen LogP contribution in [0.3, 0.4) is 0 Å². The third-order valence-corrected chi connectivity index (χ3v) is 11.6. The predicted octanol–water partition coefficient (Wildman–Crippen LogP) is 4.87. The van der Waals surface area contributed by atoms with Crippen LogP contribution in [-0.4, -0.2) is 82.2 Å². The van der Waals surface area contributed by atoms with Crippen molar-refractivity contribution in [1.29, 1.82) is 0 Å². The molecule has 49 heavy (non-hydrogen) atoms. The number of rotatable bonds is 7. The molecule has 12 nitrogen and oxygen atoms in total. The maximum absolute atomic E-state index is 14.5. The molecule has 2 saturated heterocycles. The zero-order valence-corrected chi connectivity index (χ0v) is 29.6. The Morgan fingerprint density at radius 2 is 1.57 bits per heavy atom. The number of carbonyl (C=O) groups is 4. The van der Waals surface area contributed by atoms with Crippen molar-refractivity contribution >= 4 is 56.2 Å². The average Bonchev–Trinajstić information content (AvgIpc) is 3.75. The number of nitrogens with zero attached hydrogens (tertiary/aromatic N) is 7. The molecule has 8 rings (SSSR count). The Morgan fingerprint density at radius 1 is 0.898 bits per heavy atom. The summed E-state index contributed by atoms with van der Waals surface area (Å²) in [6.45, 7) is 9.28. The molecule has 0 spiro atoms. The van der Waals surface area contributed by atoms with E-state index in [-0.39, 0.29) is 58.7 Å². The number of hydrogen-bond donors (Lipinski definition) is 1. The number of amides is 3. The van der Waals surface area contributed by atoms with Crippen molar-refractivity contribution < 1.29 is 19.2 Å². The number of halogens is 1. The molecule has 3 amide bonds. The highest BCUT2D eigenvalue weighted by Gasteiger charge is 2.69. The molecule has 2 saturated carbocycles. The fraction of sp³-hybridized carbons (Fsp3) is 0.444. The number of hydrogen-bond acceptors (Lipinski definition) is 8. The van der Waals surface area contributed by atoms with Crippen LogP contribution in [0.5, 0.6) is 0 Å². The third-order valence-electron chi connectivity index (χ3n) is 11.2. The smallest absolute Gasteiger partial charge is 0.248 e. The van der Waals surface area contributed by atoms with Crippen LogP contribution in [-0.2, 0) is 20.9 Å². The van der Waals surface area contributed by atoms with Crippen molar-refractivity contribution in [3.63, 3.8) is 0 Å². The molecule has 1 aromatic carbocycles. The van der Waals surface area contributed by atoms with Crippen LogP contribution in [0.1, 0.15) is 68.3 Å². The van der Waals surface area contributed by atoms with Gasteiger partial charge < -0.3 is 15.1 Å². The molecule has 252 valence electrons. The summed E-state index contributed by atoms with van der Waals surface area (Å²) in [6.07, 6.45) is 6.24. The number of anilines is 1. The summed E-state index contributed by atoms with van der Waals surface area (Å²) < 4.78 is 2.18. The lowest BCUT2D eigenvalue weighted by Crippen LogP contribution is -2.54. The Kier molecular flexibility index (Phi) is 7.12. The molecule has 0 unspecified atom stereocenters. The summed E-state index contributed by atoms with van der Waals surface area (Å²) in [5.74, 6) is 0.239. The second kappa shape index (κ2) is 11.0. The molecular weight excluding hydrogens is 688 g/mol. The van der Waals surface area contributed by atoms with Crippen LogP contribution in [0.25, 0.3) is 22.0 Å². The number of ketones is 1. The highest BCUT2D eigenvalue weighted by molar-refractivity contribution is 9.10. The minimum absolute atomic E-state index is 0.0460. The minimum atomic E-state index is -0.678.